The zero-order chi connectivity index (χ0) is 21.4. The first-order valence-electron chi connectivity index (χ1n) is 9.84. The molecule has 0 radical (unpaired) electrons. The van der Waals surface area contributed by atoms with Crippen molar-refractivity contribution < 1.29 is 8.42 Å². The van der Waals surface area contributed by atoms with Crippen molar-refractivity contribution in [3.05, 3.63) is 54.2 Å². The number of aromatic nitrogens is 4. The summed E-state index contributed by atoms with van der Waals surface area (Å²) in [6.45, 7) is 1.78. The second kappa shape index (κ2) is 8.00. The molecule has 0 saturated carbocycles. The molecular weight excluding hydrogens is 434 g/mol. The van der Waals surface area contributed by atoms with Crippen LogP contribution in [0, 0.1) is 0 Å². The minimum absolute atomic E-state index is 0.358. The Balaban J connectivity index is 1.41. The maximum atomic E-state index is 12.2. The van der Waals surface area contributed by atoms with Crippen LogP contribution in [0.1, 0.15) is 0 Å². The highest BCUT2D eigenvalue weighted by molar-refractivity contribution is 7.87. The highest BCUT2D eigenvalue weighted by atomic mass is 32.2. The van der Waals surface area contributed by atoms with E-state index in [9.17, 15) is 8.42 Å². The fraction of sp³-hybridized carbons (Fsp3) is 0.250. The number of thiazole rings is 1. The fourth-order valence-electron chi connectivity index (χ4n) is 3.60. The molecule has 4 aromatic rings. The molecule has 1 saturated heterocycles. The van der Waals surface area contributed by atoms with E-state index in [1.165, 1.54) is 8.61 Å². The van der Waals surface area contributed by atoms with Crippen LogP contribution in [-0.2, 0) is 10.2 Å². The Morgan fingerprint density at radius 3 is 2.74 bits per heavy atom. The summed E-state index contributed by atoms with van der Waals surface area (Å²) in [5, 5.41) is 5.15. The SMILES string of the molecule is CN1CCN(CCNc2nccc(-c3c(-c4ccccc4)nc4sccn34)n2)S1(=O)=O. The molecule has 0 atom stereocenters. The summed E-state index contributed by atoms with van der Waals surface area (Å²) >= 11 is 1.57. The third-order valence-corrected chi connectivity index (χ3v) is 7.98. The van der Waals surface area contributed by atoms with Gasteiger partial charge in [-0.25, -0.2) is 15.0 Å². The second-order valence-corrected chi connectivity index (χ2v) is 10.1. The molecule has 1 aromatic carbocycles. The number of anilines is 1. The first-order chi connectivity index (χ1) is 15.0. The topological polar surface area (TPSA) is 95.7 Å². The van der Waals surface area contributed by atoms with Gasteiger partial charge in [0.1, 0.15) is 5.69 Å². The Hall–Kier alpha value is -2.86. The molecule has 1 aliphatic heterocycles. The Kier molecular flexibility index (Phi) is 5.18. The van der Waals surface area contributed by atoms with E-state index in [2.05, 4.69) is 15.3 Å². The number of fused-ring (bicyclic) bond motifs is 1. The highest BCUT2D eigenvalue weighted by Gasteiger charge is 2.33. The van der Waals surface area contributed by atoms with E-state index in [1.807, 2.05) is 52.4 Å². The summed E-state index contributed by atoms with van der Waals surface area (Å²) in [6, 6.07) is 11.9. The van der Waals surface area contributed by atoms with Crippen molar-refractivity contribution in [3.63, 3.8) is 0 Å². The number of benzene rings is 1. The molecule has 0 bridgehead atoms. The normalized spacial score (nSPS) is 16.8. The maximum absolute atomic E-state index is 12.2. The lowest BCUT2D eigenvalue weighted by atomic mass is 10.1. The first kappa shape index (κ1) is 20.1. The van der Waals surface area contributed by atoms with Gasteiger partial charge >= 0.3 is 0 Å². The largest absolute Gasteiger partial charge is 0.353 e. The van der Waals surface area contributed by atoms with E-state index in [4.69, 9.17) is 4.98 Å². The first-order valence-corrected chi connectivity index (χ1v) is 12.1. The predicted octanol–water partition coefficient (Wildman–Crippen LogP) is 2.42. The average molecular weight is 456 g/mol. The van der Waals surface area contributed by atoms with Crippen LogP contribution in [0.25, 0.3) is 27.6 Å². The molecule has 31 heavy (non-hydrogen) atoms. The number of nitrogens with one attached hydrogen (secondary N) is 1. The van der Waals surface area contributed by atoms with E-state index < -0.39 is 10.2 Å². The Morgan fingerprint density at radius 1 is 1.13 bits per heavy atom. The molecule has 5 rings (SSSR count). The van der Waals surface area contributed by atoms with Gasteiger partial charge in [0.2, 0.25) is 5.95 Å². The van der Waals surface area contributed by atoms with Gasteiger partial charge in [-0.2, -0.15) is 17.0 Å². The fourth-order valence-corrected chi connectivity index (χ4v) is 5.66. The molecule has 3 aromatic heterocycles. The average Bonchev–Trinajstić information content (AvgIpc) is 3.44. The molecule has 4 heterocycles. The smallest absolute Gasteiger partial charge is 0.281 e. The summed E-state index contributed by atoms with van der Waals surface area (Å²) in [4.78, 5) is 14.7. The summed E-state index contributed by atoms with van der Waals surface area (Å²) in [5.41, 5.74) is 3.53. The van der Waals surface area contributed by atoms with Crippen LogP contribution < -0.4 is 5.32 Å². The van der Waals surface area contributed by atoms with Crippen molar-refractivity contribution in [2.45, 2.75) is 0 Å². The van der Waals surface area contributed by atoms with Crippen LogP contribution in [0.4, 0.5) is 5.95 Å². The van der Waals surface area contributed by atoms with Crippen molar-refractivity contribution in [1.29, 1.82) is 0 Å². The highest BCUT2D eigenvalue weighted by Crippen LogP contribution is 2.33. The Morgan fingerprint density at radius 2 is 1.97 bits per heavy atom. The van der Waals surface area contributed by atoms with Gasteiger partial charge in [0.25, 0.3) is 10.2 Å². The van der Waals surface area contributed by atoms with Gasteiger partial charge in [-0.15, -0.1) is 11.3 Å². The molecule has 0 amide bonds. The van der Waals surface area contributed by atoms with Gasteiger partial charge in [0.05, 0.1) is 11.4 Å². The molecular formula is C20H21N7O2S2. The minimum atomic E-state index is -3.34. The summed E-state index contributed by atoms with van der Waals surface area (Å²) in [7, 11) is -1.75. The minimum Gasteiger partial charge on any atom is -0.353 e. The number of imidazole rings is 1. The molecule has 1 aliphatic rings. The van der Waals surface area contributed by atoms with Gasteiger partial charge < -0.3 is 5.32 Å². The molecule has 1 fully saturated rings. The van der Waals surface area contributed by atoms with Gasteiger partial charge in [-0.1, -0.05) is 30.3 Å². The Bertz CT molecular complexity index is 1320. The van der Waals surface area contributed by atoms with Crippen molar-refractivity contribution in [2.24, 2.45) is 0 Å². The third-order valence-electron chi connectivity index (χ3n) is 5.24. The van der Waals surface area contributed by atoms with Crippen molar-refractivity contribution in [3.8, 4) is 22.6 Å². The zero-order valence-corrected chi connectivity index (χ0v) is 18.5. The van der Waals surface area contributed by atoms with Gasteiger partial charge in [0, 0.05) is 56.6 Å². The number of nitrogens with zero attached hydrogens (tertiary/aromatic N) is 6. The summed E-state index contributed by atoms with van der Waals surface area (Å²) in [6.07, 6.45) is 3.68. The summed E-state index contributed by atoms with van der Waals surface area (Å²) in [5.74, 6) is 0.451. The molecule has 160 valence electrons. The molecule has 11 heteroatoms. The van der Waals surface area contributed by atoms with E-state index in [0.717, 1.165) is 27.6 Å². The zero-order valence-electron chi connectivity index (χ0n) is 16.8. The van der Waals surface area contributed by atoms with Crippen LogP contribution >= 0.6 is 11.3 Å². The standard InChI is InChI=1S/C20H21N7O2S2/c1-25-11-12-26(31(25,28)29)10-9-22-19-21-8-7-16(23-19)18-17(15-5-3-2-4-6-15)24-20-27(18)13-14-30-20/h2-8,13-14H,9-12H2,1H3,(H,21,22,23). The van der Waals surface area contributed by atoms with E-state index in [0.29, 0.717) is 32.1 Å². The molecule has 0 spiro atoms. The molecule has 0 aliphatic carbocycles. The van der Waals surface area contributed by atoms with Crippen molar-refractivity contribution in [2.75, 3.05) is 38.5 Å². The van der Waals surface area contributed by atoms with Gasteiger partial charge in [0.15, 0.2) is 4.96 Å². The lowest BCUT2D eigenvalue weighted by Gasteiger charge is -2.16. The van der Waals surface area contributed by atoms with Crippen LogP contribution in [0.2, 0.25) is 0 Å². The number of rotatable bonds is 6. The third kappa shape index (κ3) is 3.69. The molecule has 0 unspecified atom stereocenters. The van der Waals surface area contributed by atoms with Gasteiger partial charge in [-0.05, 0) is 6.07 Å². The van der Waals surface area contributed by atoms with Crippen molar-refractivity contribution >= 4 is 32.5 Å². The van der Waals surface area contributed by atoms with Crippen LogP contribution in [0.3, 0.4) is 0 Å². The van der Waals surface area contributed by atoms with Crippen LogP contribution in [0.15, 0.2) is 54.2 Å². The molecule has 9 nitrogen and oxygen atoms in total. The monoisotopic (exact) mass is 455 g/mol. The number of hydrogen-bond acceptors (Lipinski definition) is 7. The van der Waals surface area contributed by atoms with Gasteiger partial charge in [-0.3, -0.25) is 4.40 Å². The second-order valence-electron chi connectivity index (χ2n) is 7.15. The quantitative estimate of drug-likeness (QED) is 0.480. The van der Waals surface area contributed by atoms with Crippen LogP contribution in [0.5, 0.6) is 0 Å². The van der Waals surface area contributed by atoms with Crippen LogP contribution in [-0.4, -0.2) is 69.6 Å². The van der Waals surface area contributed by atoms with E-state index >= 15 is 0 Å². The maximum Gasteiger partial charge on any atom is 0.281 e. The van der Waals surface area contributed by atoms with E-state index in [1.54, 1.807) is 24.6 Å². The lowest BCUT2D eigenvalue weighted by Crippen LogP contribution is -2.34. The Labute approximate surface area is 184 Å². The number of hydrogen-bond donors (Lipinski definition) is 1. The lowest BCUT2D eigenvalue weighted by molar-refractivity contribution is 0.459. The van der Waals surface area contributed by atoms with E-state index in [-0.39, 0.29) is 0 Å². The van der Waals surface area contributed by atoms with Crippen molar-refractivity contribution in [1.82, 2.24) is 28.0 Å². The number of likely N-dealkylation sites (N-methyl/N-ethyl adjacent to an activating group) is 1. The predicted molar refractivity (Wildman–Crippen MR) is 121 cm³/mol. The molecule has 1 N–H and O–H groups in total. The summed E-state index contributed by atoms with van der Waals surface area (Å²) < 4.78 is 29.3.